The van der Waals surface area contributed by atoms with E-state index in [9.17, 15) is 17.8 Å². The Morgan fingerprint density at radius 3 is 2.44 bits per heavy atom. The lowest BCUT2D eigenvalue weighted by Gasteiger charge is -2.51. The lowest BCUT2D eigenvalue weighted by molar-refractivity contribution is -0.144. The monoisotopic (exact) mass is 461 g/mol. The number of rotatable bonds is 5. The van der Waals surface area contributed by atoms with Gasteiger partial charge in [0.1, 0.15) is 5.75 Å². The molecule has 1 aromatic rings. The normalized spacial score (nSPS) is 31.9. The molecule has 32 heavy (non-hydrogen) atoms. The highest BCUT2D eigenvalue weighted by atomic mass is 32.2. The summed E-state index contributed by atoms with van der Waals surface area (Å²) in [5, 5.41) is 0. The number of amides is 1. The molecule has 0 radical (unpaired) electrons. The molecule has 3 aliphatic rings. The molecule has 1 N–H and O–H groups in total. The molecule has 0 unspecified atom stereocenters. The van der Waals surface area contributed by atoms with Crippen molar-refractivity contribution < 1.29 is 17.8 Å². The number of benzene rings is 1. The van der Waals surface area contributed by atoms with E-state index in [-0.39, 0.29) is 29.2 Å². The van der Waals surface area contributed by atoms with Gasteiger partial charge < -0.3 is 4.90 Å². The highest BCUT2D eigenvalue weighted by molar-refractivity contribution is 7.85. The van der Waals surface area contributed by atoms with Crippen molar-refractivity contribution >= 4 is 16.0 Å². The number of hydrogen-bond donors (Lipinski definition) is 1. The van der Waals surface area contributed by atoms with E-state index in [1.54, 1.807) is 0 Å². The van der Waals surface area contributed by atoms with Gasteiger partial charge in [0, 0.05) is 18.0 Å². The summed E-state index contributed by atoms with van der Waals surface area (Å²) in [6, 6.07) is 6.40. The van der Waals surface area contributed by atoms with Crippen LogP contribution >= 0.6 is 0 Å². The highest BCUT2D eigenvalue weighted by Gasteiger charge is 2.57. The van der Waals surface area contributed by atoms with Gasteiger partial charge in [-0.25, -0.2) is 0 Å². The van der Waals surface area contributed by atoms with Crippen LogP contribution in [0.4, 0.5) is 0 Å². The van der Waals surface area contributed by atoms with Crippen LogP contribution in [0.25, 0.3) is 0 Å². The maximum Gasteiger partial charge on any atom is 0.269 e. The Bertz CT molecular complexity index is 978. The third-order valence-corrected chi connectivity index (χ3v) is 9.50. The van der Waals surface area contributed by atoms with Gasteiger partial charge in [0.15, 0.2) is 0 Å². The fraction of sp³-hybridized carbons (Fsp3) is 0.731. The summed E-state index contributed by atoms with van der Waals surface area (Å²) in [6.45, 7) is 10.9. The van der Waals surface area contributed by atoms with E-state index < -0.39 is 10.1 Å². The second-order valence-corrected chi connectivity index (χ2v) is 12.7. The summed E-state index contributed by atoms with van der Waals surface area (Å²) in [5.74, 6) is 1.82. The van der Waals surface area contributed by atoms with Crippen LogP contribution in [0.2, 0.25) is 0 Å². The molecule has 178 valence electrons. The van der Waals surface area contributed by atoms with Crippen molar-refractivity contribution in [1.29, 1.82) is 0 Å². The Morgan fingerprint density at radius 2 is 1.81 bits per heavy atom. The van der Waals surface area contributed by atoms with Crippen LogP contribution in [-0.2, 0) is 27.1 Å². The average molecular weight is 462 g/mol. The number of nitrogens with zero attached hydrogens (tertiary/aromatic N) is 1. The fourth-order valence-electron chi connectivity index (χ4n) is 7.63. The maximum atomic E-state index is 13.7. The van der Waals surface area contributed by atoms with E-state index in [1.165, 1.54) is 11.1 Å². The second-order valence-electron chi connectivity index (χ2n) is 11.3. The molecule has 2 fully saturated rings. The smallest absolute Gasteiger partial charge is 0.269 e. The van der Waals surface area contributed by atoms with E-state index >= 15 is 0 Å². The SMILES string of the molecule is CC(C)N(C(=O)[C@H]1CC[C@H]2[C@@H]3CCc4cc(CS(=O)(=O)O)ccc4[C@H]3CC[C@]12C)C(C)C. The van der Waals surface area contributed by atoms with Gasteiger partial charge in [-0.2, -0.15) is 8.42 Å². The second kappa shape index (κ2) is 8.43. The van der Waals surface area contributed by atoms with Crippen LogP contribution in [0.15, 0.2) is 18.2 Å². The molecule has 0 heterocycles. The summed E-state index contributed by atoms with van der Waals surface area (Å²) >= 11 is 0. The Labute approximate surface area is 193 Å². The number of hydrogen-bond acceptors (Lipinski definition) is 3. The van der Waals surface area contributed by atoms with Gasteiger partial charge in [-0.1, -0.05) is 25.1 Å². The van der Waals surface area contributed by atoms with Gasteiger partial charge >= 0.3 is 0 Å². The quantitative estimate of drug-likeness (QED) is 0.612. The minimum Gasteiger partial charge on any atom is -0.338 e. The molecule has 4 rings (SSSR count). The molecule has 0 bridgehead atoms. The van der Waals surface area contributed by atoms with E-state index in [1.807, 2.05) is 12.1 Å². The van der Waals surface area contributed by atoms with Crippen LogP contribution in [0.5, 0.6) is 0 Å². The first-order valence-corrected chi connectivity index (χ1v) is 13.9. The summed E-state index contributed by atoms with van der Waals surface area (Å²) < 4.78 is 31.8. The van der Waals surface area contributed by atoms with Crippen molar-refractivity contribution in [3.63, 3.8) is 0 Å². The van der Waals surface area contributed by atoms with Crippen molar-refractivity contribution in [2.75, 3.05) is 0 Å². The lowest BCUT2D eigenvalue weighted by Crippen LogP contribution is -2.50. The van der Waals surface area contributed by atoms with Gasteiger partial charge in [0.2, 0.25) is 5.91 Å². The molecule has 5 atom stereocenters. The first-order valence-electron chi connectivity index (χ1n) is 12.3. The zero-order valence-electron chi connectivity index (χ0n) is 20.2. The third kappa shape index (κ3) is 4.13. The molecule has 5 nitrogen and oxygen atoms in total. The van der Waals surface area contributed by atoms with Crippen molar-refractivity contribution in [3.8, 4) is 0 Å². The van der Waals surface area contributed by atoms with Crippen molar-refractivity contribution in [1.82, 2.24) is 4.90 Å². The van der Waals surface area contributed by atoms with Gasteiger partial charge in [0.25, 0.3) is 10.1 Å². The molecular weight excluding hydrogens is 422 g/mol. The van der Waals surface area contributed by atoms with Gasteiger partial charge in [0.05, 0.1) is 0 Å². The molecule has 1 aromatic carbocycles. The Morgan fingerprint density at radius 1 is 1.12 bits per heavy atom. The number of fused-ring (bicyclic) bond motifs is 5. The van der Waals surface area contributed by atoms with E-state index in [2.05, 4.69) is 45.6 Å². The first kappa shape index (κ1) is 23.7. The van der Waals surface area contributed by atoms with Crippen LogP contribution in [0.3, 0.4) is 0 Å². The minimum atomic E-state index is -4.02. The first-order chi connectivity index (χ1) is 14.9. The van der Waals surface area contributed by atoms with E-state index in [4.69, 9.17) is 0 Å². The molecule has 1 amide bonds. The van der Waals surface area contributed by atoms with Crippen LogP contribution in [0, 0.1) is 23.2 Å². The number of carbonyl (C=O) groups is 1. The zero-order valence-corrected chi connectivity index (χ0v) is 21.0. The number of carbonyl (C=O) groups excluding carboxylic acids is 1. The minimum absolute atomic E-state index is 0.0721. The molecule has 6 heteroatoms. The van der Waals surface area contributed by atoms with Crippen LogP contribution < -0.4 is 0 Å². The predicted octanol–water partition coefficient (Wildman–Crippen LogP) is 5.19. The largest absolute Gasteiger partial charge is 0.338 e. The fourth-order valence-corrected chi connectivity index (χ4v) is 8.23. The van der Waals surface area contributed by atoms with Gasteiger partial charge in [-0.3, -0.25) is 9.35 Å². The molecule has 2 saturated carbocycles. The zero-order chi connectivity index (χ0) is 23.4. The molecular formula is C26H39NO4S. The average Bonchev–Trinajstić information content (AvgIpc) is 3.03. The Kier molecular flexibility index (Phi) is 6.25. The molecule has 0 saturated heterocycles. The maximum absolute atomic E-state index is 13.7. The van der Waals surface area contributed by atoms with Gasteiger partial charge in [-0.05, 0) is 106 Å². The van der Waals surface area contributed by atoms with Crippen molar-refractivity contribution in [3.05, 3.63) is 34.9 Å². The summed E-state index contributed by atoms with van der Waals surface area (Å²) in [6.07, 6.45) is 6.35. The Hall–Kier alpha value is -1.40. The molecule has 0 aliphatic heterocycles. The highest BCUT2D eigenvalue weighted by Crippen LogP contribution is 2.63. The molecule has 0 aromatic heterocycles. The summed E-state index contributed by atoms with van der Waals surface area (Å²) in [4.78, 5) is 15.7. The third-order valence-electron chi connectivity index (χ3n) is 8.81. The summed E-state index contributed by atoms with van der Waals surface area (Å²) in [5.41, 5.74) is 3.35. The standard InChI is InChI=1S/C26H39NO4S/c1-16(2)27(17(3)4)25(28)24-11-10-23-22-9-7-19-14-18(15-32(29,30)31)6-8-20(19)21(22)12-13-26(23,24)5/h6,8,14,16-17,21-24H,7,9-13,15H2,1-5H3,(H,29,30,31)/t21-,22-,23+,24-,26+/m1/s1. The van der Waals surface area contributed by atoms with Gasteiger partial charge in [-0.15, -0.1) is 0 Å². The number of aryl methyl sites for hydroxylation is 1. The summed E-state index contributed by atoms with van der Waals surface area (Å²) in [7, 11) is -4.02. The van der Waals surface area contributed by atoms with E-state index in [0.29, 0.717) is 29.2 Å². The lowest BCUT2D eigenvalue weighted by atomic mass is 9.54. The molecule has 0 spiro atoms. The topological polar surface area (TPSA) is 74.7 Å². The predicted molar refractivity (Wildman–Crippen MR) is 127 cm³/mol. The van der Waals surface area contributed by atoms with Crippen LogP contribution in [0.1, 0.15) is 89.3 Å². The van der Waals surface area contributed by atoms with E-state index in [0.717, 1.165) is 38.5 Å². The van der Waals surface area contributed by atoms with Crippen molar-refractivity contribution in [2.45, 2.75) is 96.9 Å². The van der Waals surface area contributed by atoms with Crippen LogP contribution in [-0.4, -0.2) is 35.9 Å². The molecule has 3 aliphatic carbocycles. The Balaban J connectivity index is 1.57. The van der Waals surface area contributed by atoms with Crippen molar-refractivity contribution in [2.24, 2.45) is 23.2 Å².